The standard InChI is InChI=1S/C15H17ClN4O/c1-19(2)7-4-8-20-9-17-13-12-10(16)5-3-6-11(12)18-14(13)15(20)21/h3,5-6,9,18H,4,7-8H2,1-2H3/p+1. The molecule has 21 heavy (non-hydrogen) atoms. The summed E-state index contributed by atoms with van der Waals surface area (Å²) in [5.74, 6) is 0. The molecule has 2 aromatic heterocycles. The maximum atomic E-state index is 12.5. The zero-order valence-electron chi connectivity index (χ0n) is 12.1. The Morgan fingerprint density at radius 3 is 2.95 bits per heavy atom. The van der Waals surface area contributed by atoms with Crippen LogP contribution in [0, 0.1) is 0 Å². The highest BCUT2D eigenvalue weighted by molar-refractivity contribution is 6.37. The first-order valence-corrected chi connectivity index (χ1v) is 7.40. The van der Waals surface area contributed by atoms with Crippen molar-refractivity contribution < 1.29 is 4.90 Å². The van der Waals surface area contributed by atoms with E-state index in [1.807, 2.05) is 18.2 Å². The zero-order valence-corrected chi connectivity index (χ0v) is 12.9. The molecule has 0 amide bonds. The maximum Gasteiger partial charge on any atom is 0.277 e. The molecule has 2 heterocycles. The molecule has 110 valence electrons. The average molecular weight is 306 g/mol. The number of hydrogen-bond acceptors (Lipinski definition) is 2. The quantitative estimate of drug-likeness (QED) is 0.757. The van der Waals surface area contributed by atoms with E-state index >= 15 is 0 Å². The number of nitrogens with one attached hydrogen (secondary N) is 2. The number of aryl methyl sites for hydroxylation is 1. The van der Waals surface area contributed by atoms with Gasteiger partial charge in [-0.25, -0.2) is 4.98 Å². The predicted molar refractivity (Wildman–Crippen MR) is 85.2 cm³/mol. The summed E-state index contributed by atoms with van der Waals surface area (Å²) in [5, 5.41) is 1.43. The number of rotatable bonds is 4. The number of aromatic nitrogens is 3. The van der Waals surface area contributed by atoms with Gasteiger partial charge in [0.05, 0.1) is 32.0 Å². The largest absolute Gasteiger partial charge is 0.349 e. The van der Waals surface area contributed by atoms with E-state index in [0.29, 0.717) is 22.6 Å². The Labute approximate surface area is 127 Å². The summed E-state index contributed by atoms with van der Waals surface area (Å²) >= 11 is 6.22. The van der Waals surface area contributed by atoms with Crippen molar-refractivity contribution in [1.29, 1.82) is 0 Å². The summed E-state index contributed by atoms with van der Waals surface area (Å²) in [6, 6.07) is 5.57. The molecule has 1 aromatic carbocycles. The van der Waals surface area contributed by atoms with Crippen LogP contribution in [0.1, 0.15) is 6.42 Å². The zero-order chi connectivity index (χ0) is 15.0. The van der Waals surface area contributed by atoms with Gasteiger partial charge in [0, 0.05) is 23.9 Å². The van der Waals surface area contributed by atoms with Gasteiger partial charge in [-0.1, -0.05) is 17.7 Å². The van der Waals surface area contributed by atoms with Crippen LogP contribution in [0.2, 0.25) is 5.02 Å². The van der Waals surface area contributed by atoms with Gasteiger partial charge in [0.1, 0.15) is 11.0 Å². The summed E-state index contributed by atoms with van der Waals surface area (Å²) in [6.07, 6.45) is 2.56. The first kappa shape index (κ1) is 14.1. The first-order chi connectivity index (χ1) is 10.1. The molecular weight excluding hydrogens is 288 g/mol. The Hall–Kier alpha value is -1.85. The van der Waals surface area contributed by atoms with Gasteiger partial charge in [0.25, 0.3) is 5.56 Å². The van der Waals surface area contributed by atoms with Crippen molar-refractivity contribution in [2.45, 2.75) is 13.0 Å². The van der Waals surface area contributed by atoms with Crippen molar-refractivity contribution >= 4 is 33.5 Å². The van der Waals surface area contributed by atoms with Crippen LogP contribution in [0.25, 0.3) is 21.9 Å². The van der Waals surface area contributed by atoms with E-state index < -0.39 is 0 Å². The third-order valence-corrected chi connectivity index (χ3v) is 3.94. The van der Waals surface area contributed by atoms with E-state index in [1.165, 1.54) is 4.90 Å². The van der Waals surface area contributed by atoms with Crippen LogP contribution in [-0.2, 0) is 6.54 Å². The van der Waals surface area contributed by atoms with E-state index in [1.54, 1.807) is 10.9 Å². The minimum atomic E-state index is -0.0407. The molecule has 0 aliphatic heterocycles. The van der Waals surface area contributed by atoms with Crippen LogP contribution in [-0.4, -0.2) is 35.2 Å². The highest BCUT2D eigenvalue weighted by Gasteiger charge is 2.13. The Morgan fingerprint density at radius 1 is 1.38 bits per heavy atom. The Morgan fingerprint density at radius 2 is 2.19 bits per heavy atom. The summed E-state index contributed by atoms with van der Waals surface area (Å²) in [7, 11) is 4.20. The van der Waals surface area contributed by atoms with Crippen molar-refractivity contribution in [3.63, 3.8) is 0 Å². The first-order valence-electron chi connectivity index (χ1n) is 7.02. The number of hydrogen-bond donors (Lipinski definition) is 2. The SMILES string of the molecule is C[NH+](C)CCCn1cnc2c([nH]c3cccc(Cl)c32)c1=O. The van der Waals surface area contributed by atoms with Gasteiger partial charge in [0.15, 0.2) is 0 Å². The lowest BCUT2D eigenvalue weighted by molar-refractivity contribution is -0.858. The van der Waals surface area contributed by atoms with Crippen LogP contribution in [0.5, 0.6) is 0 Å². The van der Waals surface area contributed by atoms with Crippen molar-refractivity contribution in [3.8, 4) is 0 Å². The second-order valence-corrected chi connectivity index (χ2v) is 5.97. The van der Waals surface area contributed by atoms with Crippen LogP contribution in [0.15, 0.2) is 29.3 Å². The van der Waals surface area contributed by atoms with Crippen molar-refractivity contribution in [3.05, 3.63) is 39.9 Å². The fourth-order valence-electron chi connectivity index (χ4n) is 2.56. The van der Waals surface area contributed by atoms with Crippen LogP contribution >= 0.6 is 11.6 Å². The van der Waals surface area contributed by atoms with Crippen LogP contribution < -0.4 is 10.5 Å². The Balaban J connectivity index is 2.07. The van der Waals surface area contributed by atoms with Gasteiger partial charge in [0.2, 0.25) is 0 Å². The highest BCUT2D eigenvalue weighted by atomic mass is 35.5. The van der Waals surface area contributed by atoms with Gasteiger partial charge >= 0.3 is 0 Å². The molecule has 5 nitrogen and oxygen atoms in total. The predicted octanol–water partition coefficient (Wildman–Crippen LogP) is 1.07. The minimum absolute atomic E-state index is 0.0407. The number of nitrogens with zero attached hydrogens (tertiary/aromatic N) is 2. The van der Waals surface area contributed by atoms with Crippen molar-refractivity contribution in [1.82, 2.24) is 14.5 Å². The third kappa shape index (κ3) is 2.54. The summed E-state index contributed by atoms with van der Waals surface area (Å²) in [6.45, 7) is 1.69. The van der Waals surface area contributed by atoms with Gasteiger partial charge in [-0.3, -0.25) is 9.36 Å². The lowest BCUT2D eigenvalue weighted by Gasteiger charge is -2.08. The van der Waals surface area contributed by atoms with Crippen molar-refractivity contribution in [2.24, 2.45) is 0 Å². The summed E-state index contributed by atoms with van der Waals surface area (Å²) < 4.78 is 1.66. The molecule has 0 atom stereocenters. The molecule has 0 radical (unpaired) electrons. The molecule has 0 fully saturated rings. The lowest BCUT2D eigenvalue weighted by atomic mass is 10.2. The normalized spacial score (nSPS) is 11.8. The molecule has 0 aliphatic carbocycles. The second-order valence-electron chi connectivity index (χ2n) is 5.56. The monoisotopic (exact) mass is 305 g/mol. The number of aromatic amines is 1. The second kappa shape index (κ2) is 5.50. The number of benzene rings is 1. The van der Waals surface area contributed by atoms with Gasteiger partial charge in [-0.2, -0.15) is 0 Å². The average Bonchev–Trinajstić information content (AvgIpc) is 2.82. The van der Waals surface area contributed by atoms with Gasteiger partial charge in [-0.05, 0) is 12.1 Å². The molecule has 3 aromatic rings. The molecule has 2 N–H and O–H groups in total. The molecule has 0 unspecified atom stereocenters. The van der Waals surface area contributed by atoms with E-state index in [9.17, 15) is 4.79 Å². The molecule has 6 heteroatoms. The molecule has 0 aliphatic rings. The maximum absolute atomic E-state index is 12.5. The molecule has 0 saturated carbocycles. The summed E-state index contributed by atoms with van der Waals surface area (Å²) in [5.41, 5.74) is 1.98. The lowest BCUT2D eigenvalue weighted by Crippen LogP contribution is -3.05. The molecule has 0 bridgehead atoms. The fraction of sp³-hybridized carbons (Fsp3) is 0.333. The molecule has 0 spiro atoms. The van der Waals surface area contributed by atoms with E-state index in [4.69, 9.17) is 11.6 Å². The van der Waals surface area contributed by atoms with Crippen LogP contribution in [0.3, 0.4) is 0 Å². The molecule has 0 saturated heterocycles. The van der Waals surface area contributed by atoms with Crippen LogP contribution in [0.4, 0.5) is 0 Å². The Bertz CT molecular complexity index is 850. The third-order valence-electron chi connectivity index (χ3n) is 3.62. The minimum Gasteiger partial charge on any atom is -0.349 e. The van der Waals surface area contributed by atoms with Gasteiger partial charge < -0.3 is 9.88 Å². The van der Waals surface area contributed by atoms with Crippen molar-refractivity contribution in [2.75, 3.05) is 20.6 Å². The highest BCUT2D eigenvalue weighted by Crippen LogP contribution is 2.28. The smallest absolute Gasteiger partial charge is 0.277 e. The van der Waals surface area contributed by atoms with E-state index in [0.717, 1.165) is 23.9 Å². The molecule has 3 rings (SSSR count). The van der Waals surface area contributed by atoms with E-state index in [2.05, 4.69) is 24.1 Å². The summed E-state index contributed by atoms with van der Waals surface area (Å²) in [4.78, 5) is 21.5. The molecular formula is C15H18ClN4O+. The topological polar surface area (TPSA) is 55.1 Å². The van der Waals surface area contributed by atoms with Gasteiger partial charge in [-0.15, -0.1) is 0 Å². The Kier molecular flexibility index (Phi) is 3.69. The fourth-order valence-corrected chi connectivity index (χ4v) is 2.82. The number of H-pyrrole nitrogens is 1. The number of fused-ring (bicyclic) bond motifs is 3. The number of halogens is 1. The van der Waals surface area contributed by atoms with E-state index in [-0.39, 0.29) is 5.56 Å². The number of quaternary nitrogens is 1.